The largest absolute Gasteiger partial charge is 0.460 e. The molecule has 0 spiro atoms. The Kier molecular flexibility index (Phi) is 9.57. The van der Waals surface area contributed by atoms with Crippen molar-refractivity contribution in [1.29, 1.82) is 0 Å². The van der Waals surface area contributed by atoms with Gasteiger partial charge in [-0.2, -0.15) is 0 Å². The first kappa shape index (κ1) is 28.3. The number of esters is 1. The zero-order valence-corrected chi connectivity index (χ0v) is 23.3. The Balaban J connectivity index is 1.08. The van der Waals surface area contributed by atoms with Gasteiger partial charge in [0, 0.05) is 65.8 Å². The normalized spacial score (nSPS) is 16.7. The van der Waals surface area contributed by atoms with Crippen LogP contribution in [0.3, 0.4) is 0 Å². The van der Waals surface area contributed by atoms with Crippen molar-refractivity contribution >= 4 is 34.0 Å². The minimum absolute atomic E-state index is 0.186. The number of carbonyl (C=O) groups is 2. The van der Waals surface area contributed by atoms with Crippen molar-refractivity contribution in [3.05, 3.63) is 102 Å². The minimum atomic E-state index is -0.443. The molecule has 1 saturated carbocycles. The molecule has 8 heteroatoms. The fourth-order valence-corrected chi connectivity index (χ4v) is 5.19. The molecule has 0 saturated heterocycles. The van der Waals surface area contributed by atoms with E-state index in [1.165, 1.54) is 11.1 Å². The Morgan fingerprint density at radius 1 is 0.878 bits per heavy atom. The standard InChI is InChI=1S/C33H36N4O4/c1-40-18-19-41-33(39)25-10-8-24(9-11-25)32(38)37-29-6-2-4-23(20-29)21-35-27-12-14-28(15-13-27)36-31-7-3-5-26-22-34-17-16-30(26)31/h2-11,16-17,20,22,27-28,35-36H,12-15,18-19,21H2,1H3,(H,37,38). The summed E-state index contributed by atoms with van der Waals surface area (Å²) in [7, 11) is 1.55. The predicted molar refractivity (Wildman–Crippen MR) is 161 cm³/mol. The molecule has 0 atom stereocenters. The quantitative estimate of drug-likeness (QED) is 0.160. The van der Waals surface area contributed by atoms with Crippen molar-refractivity contribution in [2.24, 2.45) is 0 Å². The molecule has 1 aromatic heterocycles. The number of amides is 1. The van der Waals surface area contributed by atoms with Gasteiger partial charge < -0.3 is 25.4 Å². The second-order valence-corrected chi connectivity index (χ2v) is 10.3. The van der Waals surface area contributed by atoms with E-state index in [9.17, 15) is 9.59 Å². The highest BCUT2D eigenvalue weighted by Gasteiger charge is 2.21. The molecule has 4 aromatic rings. The number of nitrogens with one attached hydrogen (secondary N) is 3. The molecular formula is C33H36N4O4. The van der Waals surface area contributed by atoms with Gasteiger partial charge >= 0.3 is 5.97 Å². The summed E-state index contributed by atoms with van der Waals surface area (Å²) in [5, 5.41) is 12.8. The molecule has 0 aliphatic heterocycles. The van der Waals surface area contributed by atoms with Crippen molar-refractivity contribution in [3.63, 3.8) is 0 Å². The number of pyridine rings is 1. The van der Waals surface area contributed by atoms with Gasteiger partial charge in [-0.3, -0.25) is 9.78 Å². The Morgan fingerprint density at radius 3 is 2.44 bits per heavy atom. The summed E-state index contributed by atoms with van der Waals surface area (Å²) >= 11 is 0. The molecule has 1 aliphatic rings. The van der Waals surface area contributed by atoms with Crippen molar-refractivity contribution in [2.45, 2.75) is 44.3 Å². The van der Waals surface area contributed by atoms with Gasteiger partial charge in [0.15, 0.2) is 0 Å². The fourth-order valence-electron chi connectivity index (χ4n) is 5.19. The number of ether oxygens (including phenoxy) is 2. The first-order valence-corrected chi connectivity index (χ1v) is 14.1. The number of aromatic nitrogens is 1. The highest BCUT2D eigenvalue weighted by Crippen LogP contribution is 2.27. The van der Waals surface area contributed by atoms with Crippen LogP contribution in [0.25, 0.3) is 10.8 Å². The van der Waals surface area contributed by atoms with Crippen molar-refractivity contribution in [1.82, 2.24) is 10.3 Å². The average Bonchev–Trinajstić information content (AvgIpc) is 3.01. The number of benzene rings is 3. The lowest BCUT2D eigenvalue weighted by Gasteiger charge is -2.30. The SMILES string of the molecule is COCCOC(=O)c1ccc(C(=O)Nc2cccc(CNC3CCC(Nc4cccc5cnccc45)CC3)c2)cc1. The maximum Gasteiger partial charge on any atom is 0.338 e. The van der Waals surface area contributed by atoms with Gasteiger partial charge in [-0.05, 0) is 79.8 Å². The van der Waals surface area contributed by atoms with Gasteiger partial charge in [-0.25, -0.2) is 4.79 Å². The van der Waals surface area contributed by atoms with Crippen LogP contribution < -0.4 is 16.0 Å². The van der Waals surface area contributed by atoms with Crippen LogP contribution in [-0.2, 0) is 16.0 Å². The number of nitrogens with zero attached hydrogens (tertiary/aromatic N) is 1. The topological polar surface area (TPSA) is 102 Å². The maximum atomic E-state index is 12.8. The van der Waals surface area contributed by atoms with E-state index in [0.717, 1.165) is 48.9 Å². The number of rotatable bonds is 11. The van der Waals surface area contributed by atoms with E-state index in [4.69, 9.17) is 9.47 Å². The van der Waals surface area contributed by atoms with E-state index in [2.05, 4.69) is 51.3 Å². The predicted octanol–water partition coefficient (Wildman–Crippen LogP) is 5.80. The lowest BCUT2D eigenvalue weighted by Crippen LogP contribution is -2.36. The molecule has 1 aliphatic carbocycles. The third kappa shape index (κ3) is 7.68. The first-order valence-electron chi connectivity index (χ1n) is 14.1. The number of anilines is 2. The lowest BCUT2D eigenvalue weighted by molar-refractivity contribution is 0.0388. The second-order valence-electron chi connectivity index (χ2n) is 10.3. The number of carbonyl (C=O) groups excluding carboxylic acids is 2. The third-order valence-corrected chi connectivity index (χ3v) is 7.45. The zero-order chi connectivity index (χ0) is 28.4. The Labute approximate surface area is 240 Å². The van der Waals surface area contributed by atoms with E-state index in [-0.39, 0.29) is 12.5 Å². The van der Waals surface area contributed by atoms with Crippen LogP contribution in [0, 0.1) is 0 Å². The highest BCUT2D eigenvalue weighted by molar-refractivity contribution is 6.04. The molecule has 1 amide bonds. The number of fused-ring (bicyclic) bond motifs is 1. The van der Waals surface area contributed by atoms with Crippen LogP contribution in [0.4, 0.5) is 11.4 Å². The molecule has 5 rings (SSSR count). The van der Waals surface area contributed by atoms with Crippen LogP contribution in [0.1, 0.15) is 52.0 Å². The number of methoxy groups -OCH3 is 1. The molecule has 0 bridgehead atoms. The van der Waals surface area contributed by atoms with Crippen LogP contribution in [0.15, 0.2) is 85.2 Å². The van der Waals surface area contributed by atoms with E-state index >= 15 is 0 Å². The zero-order valence-electron chi connectivity index (χ0n) is 23.3. The van der Waals surface area contributed by atoms with Crippen molar-refractivity contribution < 1.29 is 19.1 Å². The first-order chi connectivity index (χ1) is 20.1. The molecule has 3 aromatic carbocycles. The van der Waals surface area contributed by atoms with Gasteiger partial charge in [0.25, 0.3) is 5.91 Å². The smallest absolute Gasteiger partial charge is 0.338 e. The van der Waals surface area contributed by atoms with Crippen molar-refractivity contribution in [2.75, 3.05) is 31.0 Å². The van der Waals surface area contributed by atoms with E-state index in [1.807, 2.05) is 30.6 Å². The molecule has 1 fully saturated rings. The summed E-state index contributed by atoms with van der Waals surface area (Å²) in [5.74, 6) is -0.677. The van der Waals surface area contributed by atoms with Gasteiger partial charge in [0.2, 0.25) is 0 Å². The summed E-state index contributed by atoms with van der Waals surface area (Å²) in [6.45, 7) is 1.26. The van der Waals surface area contributed by atoms with E-state index in [0.29, 0.717) is 29.8 Å². The molecule has 0 unspecified atom stereocenters. The Morgan fingerprint density at radius 2 is 1.63 bits per heavy atom. The summed E-state index contributed by atoms with van der Waals surface area (Å²) in [5.41, 5.74) is 3.88. The summed E-state index contributed by atoms with van der Waals surface area (Å²) in [4.78, 5) is 29.1. The monoisotopic (exact) mass is 552 g/mol. The van der Waals surface area contributed by atoms with Crippen LogP contribution in [-0.4, -0.2) is 49.3 Å². The summed E-state index contributed by atoms with van der Waals surface area (Å²) in [6.07, 6.45) is 8.19. The van der Waals surface area contributed by atoms with Gasteiger partial charge in [0.1, 0.15) is 6.61 Å². The molecule has 41 heavy (non-hydrogen) atoms. The van der Waals surface area contributed by atoms with Gasteiger partial charge in [-0.1, -0.05) is 24.3 Å². The summed E-state index contributed by atoms with van der Waals surface area (Å²) < 4.78 is 10.00. The van der Waals surface area contributed by atoms with E-state index in [1.54, 1.807) is 31.4 Å². The van der Waals surface area contributed by atoms with Crippen LogP contribution in [0.5, 0.6) is 0 Å². The maximum absolute atomic E-state index is 12.8. The molecule has 212 valence electrons. The molecule has 3 N–H and O–H groups in total. The fraction of sp³-hybridized carbons (Fsp3) is 0.303. The lowest BCUT2D eigenvalue weighted by atomic mass is 9.90. The number of hydrogen-bond donors (Lipinski definition) is 3. The van der Waals surface area contributed by atoms with Gasteiger partial charge in [0.05, 0.1) is 12.2 Å². The third-order valence-electron chi connectivity index (χ3n) is 7.45. The molecular weight excluding hydrogens is 516 g/mol. The van der Waals surface area contributed by atoms with Crippen LogP contribution in [0.2, 0.25) is 0 Å². The molecule has 0 radical (unpaired) electrons. The molecule has 1 heterocycles. The Hall–Kier alpha value is -4.27. The summed E-state index contributed by atoms with van der Waals surface area (Å²) in [6, 6.07) is 23.6. The van der Waals surface area contributed by atoms with Gasteiger partial charge in [-0.15, -0.1) is 0 Å². The molecule has 8 nitrogen and oxygen atoms in total. The number of hydrogen-bond acceptors (Lipinski definition) is 7. The Bertz CT molecular complexity index is 1460. The second kappa shape index (κ2) is 13.9. The average molecular weight is 553 g/mol. The highest BCUT2D eigenvalue weighted by atomic mass is 16.6. The minimum Gasteiger partial charge on any atom is -0.460 e. The van der Waals surface area contributed by atoms with Crippen molar-refractivity contribution in [3.8, 4) is 0 Å². The van der Waals surface area contributed by atoms with E-state index < -0.39 is 5.97 Å². The van der Waals surface area contributed by atoms with Crippen LogP contribution >= 0.6 is 0 Å².